The van der Waals surface area contributed by atoms with Gasteiger partial charge < -0.3 is 10.4 Å². The van der Waals surface area contributed by atoms with Gasteiger partial charge >= 0.3 is 0 Å². The molecule has 21 heavy (non-hydrogen) atoms. The highest BCUT2D eigenvalue weighted by Crippen LogP contribution is 2.21. The molecule has 1 unspecified atom stereocenters. The molecule has 2 aromatic carbocycles. The third kappa shape index (κ3) is 3.79. The number of hydrogen-bond acceptors (Lipinski definition) is 2. The van der Waals surface area contributed by atoms with Crippen LogP contribution in [-0.4, -0.2) is 11.7 Å². The lowest BCUT2D eigenvalue weighted by atomic mass is 10.00. The fourth-order valence-electron chi connectivity index (χ4n) is 2.09. The molecule has 0 spiro atoms. The molecule has 0 fully saturated rings. The predicted molar refractivity (Wildman–Crippen MR) is 80.3 cm³/mol. The highest BCUT2D eigenvalue weighted by Gasteiger charge is 2.12. The number of aliphatic hydroxyl groups is 1. The number of halogens is 2. The van der Waals surface area contributed by atoms with E-state index < -0.39 is 17.7 Å². The first-order chi connectivity index (χ1) is 9.99. The van der Waals surface area contributed by atoms with E-state index >= 15 is 0 Å². The van der Waals surface area contributed by atoms with E-state index in [9.17, 15) is 13.9 Å². The quantitative estimate of drug-likeness (QED) is 0.864. The molecule has 0 radical (unpaired) electrons. The number of nitrogens with one attached hydrogen (secondary N) is 1. The Bertz CT molecular complexity index is 576. The zero-order chi connectivity index (χ0) is 15.4. The maximum absolute atomic E-state index is 13.5. The maximum atomic E-state index is 13.5. The molecule has 0 aliphatic rings. The van der Waals surface area contributed by atoms with Gasteiger partial charge in [0.15, 0.2) is 0 Å². The van der Waals surface area contributed by atoms with Crippen LogP contribution in [0.25, 0.3) is 0 Å². The summed E-state index contributed by atoms with van der Waals surface area (Å²) in [6, 6.07) is 11.2. The summed E-state index contributed by atoms with van der Waals surface area (Å²) in [5.41, 5.74) is 1.68. The van der Waals surface area contributed by atoms with Gasteiger partial charge in [0.2, 0.25) is 0 Å². The van der Waals surface area contributed by atoms with E-state index in [0.29, 0.717) is 11.5 Å². The monoisotopic (exact) mass is 291 g/mol. The molecule has 0 saturated carbocycles. The minimum atomic E-state index is -0.829. The Hall–Kier alpha value is -1.94. The first kappa shape index (κ1) is 15.4. The van der Waals surface area contributed by atoms with E-state index in [0.717, 1.165) is 0 Å². The van der Waals surface area contributed by atoms with Crippen LogP contribution in [0.5, 0.6) is 0 Å². The van der Waals surface area contributed by atoms with Crippen molar-refractivity contribution in [3.8, 4) is 0 Å². The Morgan fingerprint density at radius 2 is 1.48 bits per heavy atom. The molecule has 2 aromatic rings. The van der Waals surface area contributed by atoms with Crippen molar-refractivity contribution < 1.29 is 13.9 Å². The fourth-order valence-corrected chi connectivity index (χ4v) is 2.09. The van der Waals surface area contributed by atoms with Gasteiger partial charge in [-0.1, -0.05) is 44.2 Å². The number of rotatable bonds is 5. The smallest absolute Gasteiger partial charge is 0.149 e. The second-order valence-electron chi connectivity index (χ2n) is 5.31. The van der Waals surface area contributed by atoms with Crippen molar-refractivity contribution in [3.63, 3.8) is 0 Å². The van der Waals surface area contributed by atoms with Crippen molar-refractivity contribution in [3.05, 3.63) is 65.2 Å². The molecule has 2 nitrogen and oxygen atoms in total. The van der Waals surface area contributed by atoms with Gasteiger partial charge in [-0.3, -0.25) is 0 Å². The molecule has 2 N–H and O–H groups in total. The lowest BCUT2D eigenvalue weighted by Gasteiger charge is -2.15. The summed E-state index contributed by atoms with van der Waals surface area (Å²) >= 11 is 0. The van der Waals surface area contributed by atoms with Crippen LogP contribution in [0.1, 0.15) is 37.0 Å². The second kappa shape index (κ2) is 6.68. The van der Waals surface area contributed by atoms with Gasteiger partial charge in [0.1, 0.15) is 17.3 Å². The Morgan fingerprint density at radius 3 is 2.00 bits per heavy atom. The zero-order valence-electron chi connectivity index (χ0n) is 12.1. The molecular weight excluding hydrogens is 272 g/mol. The van der Waals surface area contributed by atoms with Crippen LogP contribution in [0.3, 0.4) is 0 Å². The zero-order valence-corrected chi connectivity index (χ0v) is 12.1. The Labute approximate surface area is 123 Å². The van der Waals surface area contributed by atoms with E-state index in [-0.39, 0.29) is 12.2 Å². The first-order valence-electron chi connectivity index (χ1n) is 6.95. The number of aliphatic hydroxyl groups excluding tert-OH is 1. The van der Waals surface area contributed by atoms with Crippen LogP contribution in [-0.2, 0) is 0 Å². The van der Waals surface area contributed by atoms with Crippen molar-refractivity contribution >= 4 is 5.69 Å². The number of benzene rings is 2. The van der Waals surface area contributed by atoms with Crippen molar-refractivity contribution in [1.82, 2.24) is 0 Å². The average Bonchev–Trinajstić information content (AvgIpc) is 2.46. The SMILES string of the molecule is CC(C)c1ccc(C(O)CNc2c(F)cccc2F)cc1. The molecule has 0 saturated heterocycles. The molecule has 2 rings (SSSR count). The molecule has 0 amide bonds. The standard InChI is InChI=1S/C17H19F2NO/c1-11(2)12-6-8-13(9-7-12)16(21)10-20-17-14(18)4-3-5-15(17)19/h3-9,11,16,20-21H,10H2,1-2H3. The number of anilines is 1. The third-order valence-electron chi connectivity index (χ3n) is 3.42. The second-order valence-corrected chi connectivity index (χ2v) is 5.31. The molecular formula is C17H19F2NO. The minimum absolute atomic E-state index is 0.0406. The van der Waals surface area contributed by atoms with Gasteiger partial charge in [-0.05, 0) is 29.2 Å². The van der Waals surface area contributed by atoms with E-state index in [1.54, 1.807) is 0 Å². The van der Waals surface area contributed by atoms with Gasteiger partial charge in [-0.15, -0.1) is 0 Å². The normalized spacial score (nSPS) is 12.5. The molecule has 0 heterocycles. The van der Waals surface area contributed by atoms with E-state index in [2.05, 4.69) is 19.2 Å². The summed E-state index contributed by atoms with van der Waals surface area (Å²) in [6.45, 7) is 4.22. The molecule has 112 valence electrons. The summed E-state index contributed by atoms with van der Waals surface area (Å²) in [5.74, 6) is -0.920. The van der Waals surface area contributed by atoms with Crippen molar-refractivity contribution in [1.29, 1.82) is 0 Å². The Balaban J connectivity index is 2.03. The molecule has 0 aromatic heterocycles. The van der Waals surface area contributed by atoms with Gasteiger partial charge in [-0.2, -0.15) is 0 Å². The predicted octanol–water partition coefficient (Wildman–Crippen LogP) is 4.23. The fraction of sp³-hybridized carbons (Fsp3) is 0.294. The van der Waals surface area contributed by atoms with Crippen LogP contribution >= 0.6 is 0 Å². The van der Waals surface area contributed by atoms with E-state index in [4.69, 9.17) is 0 Å². The average molecular weight is 291 g/mol. The van der Waals surface area contributed by atoms with Crippen molar-refractivity contribution in [2.24, 2.45) is 0 Å². The van der Waals surface area contributed by atoms with Gasteiger partial charge in [-0.25, -0.2) is 8.78 Å². The summed E-state index contributed by atoms with van der Waals surface area (Å²) in [4.78, 5) is 0. The number of hydrogen-bond donors (Lipinski definition) is 2. The molecule has 0 bridgehead atoms. The van der Waals surface area contributed by atoms with E-state index in [1.807, 2.05) is 24.3 Å². The maximum Gasteiger partial charge on any atom is 0.149 e. The Kier molecular flexibility index (Phi) is 4.91. The van der Waals surface area contributed by atoms with Crippen molar-refractivity contribution in [2.75, 3.05) is 11.9 Å². The van der Waals surface area contributed by atoms with Crippen molar-refractivity contribution in [2.45, 2.75) is 25.9 Å². The molecule has 1 atom stereocenters. The molecule has 0 aliphatic heterocycles. The largest absolute Gasteiger partial charge is 0.387 e. The summed E-state index contributed by atoms with van der Waals surface area (Å²) in [6.07, 6.45) is -0.829. The Morgan fingerprint density at radius 1 is 0.952 bits per heavy atom. The van der Waals surface area contributed by atoms with Gasteiger partial charge in [0, 0.05) is 6.54 Å². The lowest BCUT2D eigenvalue weighted by Crippen LogP contribution is -2.14. The number of para-hydroxylation sites is 1. The van der Waals surface area contributed by atoms with Crippen LogP contribution in [0.4, 0.5) is 14.5 Å². The summed E-state index contributed by atoms with van der Waals surface area (Å²) in [7, 11) is 0. The minimum Gasteiger partial charge on any atom is -0.387 e. The lowest BCUT2D eigenvalue weighted by molar-refractivity contribution is 0.191. The molecule has 4 heteroatoms. The highest BCUT2D eigenvalue weighted by molar-refractivity contribution is 5.46. The van der Waals surface area contributed by atoms with E-state index in [1.165, 1.54) is 23.8 Å². The molecule has 0 aliphatic carbocycles. The van der Waals surface area contributed by atoms with Crippen LogP contribution in [0, 0.1) is 11.6 Å². The summed E-state index contributed by atoms with van der Waals surface area (Å²) < 4.78 is 26.9. The topological polar surface area (TPSA) is 32.3 Å². The highest BCUT2D eigenvalue weighted by atomic mass is 19.1. The summed E-state index contributed by atoms with van der Waals surface area (Å²) in [5, 5.41) is 12.7. The first-order valence-corrected chi connectivity index (χ1v) is 6.95. The van der Waals surface area contributed by atoms with Crippen LogP contribution < -0.4 is 5.32 Å². The van der Waals surface area contributed by atoms with Gasteiger partial charge in [0.25, 0.3) is 0 Å². The third-order valence-corrected chi connectivity index (χ3v) is 3.42. The van der Waals surface area contributed by atoms with Gasteiger partial charge in [0.05, 0.1) is 6.10 Å². The van der Waals surface area contributed by atoms with Crippen LogP contribution in [0.2, 0.25) is 0 Å². The van der Waals surface area contributed by atoms with Crippen LogP contribution in [0.15, 0.2) is 42.5 Å².